The van der Waals surface area contributed by atoms with Gasteiger partial charge < -0.3 is 10.1 Å². The Morgan fingerprint density at radius 1 is 1.38 bits per heavy atom. The molecule has 26 heavy (non-hydrogen) atoms. The number of hydrogen-bond acceptors (Lipinski definition) is 5. The molecule has 0 saturated heterocycles. The van der Waals surface area contributed by atoms with Crippen molar-refractivity contribution < 1.29 is 13.9 Å². The first-order valence-electron chi connectivity index (χ1n) is 8.02. The molecule has 0 aliphatic carbocycles. The number of amides is 1. The van der Waals surface area contributed by atoms with Crippen molar-refractivity contribution in [3.05, 3.63) is 62.8 Å². The predicted octanol–water partition coefficient (Wildman–Crippen LogP) is 2.33. The van der Waals surface area contributed by atoms with Crippen molar-refractivity contribution in [2.75, 3.05) is 20.3 Å². The summed E-state index contributed by atoms with van der Waals surface area (Å²) >= 11 is 1.17. The zero-order chi connectivity index (χ0) is 18.7. The van der Waals surface area contributed by atoms with Crippen molar-refractivity contribution in [1.82, 2.24) is 14.9 Å². The lowest BCUT2D eigenvalue weighted by Crippen LogP contribution is -2.27. The molecule has 1 aromatic carbocycles. The van der Waals surface area contributed by atoms with Gasteiger partial charge in [-0.1, -0.05) is 18.2 Å². The van der Waals surface area contributed by atoms with Gasteiger partial charge in [-0.15, -0.1) is 11.3 Å². The molecule has 3 aromatic rings. The standard InChI is InChI=1S/C18H18FN3O3S/c1-11-14-17(26-15(11)16(23)20-7-8-25-2)21-10-22(18(14)24)9-12-5-3-4-6-13(12)19/h3-6,10H,7-9H2,1-2H3,(H,20,23). The quantitative estimate of drug-likeness (QED) is 0.671. The summed E-state index contributed by atoms with van der Waals surface area (Å²) in [5.41, 5.74) is 0.699. The van der Waals surface area contributed by atoms with E-state index in [-0.39, 0.29) is 23.8 Å². The zero-order valence-electron chi connectivity index (χ0n) is 14.4. The Bertz CT molecular complexity index is 1010. The Kier molecular flexibility index (Phi) is 5.43. The highest BCUT2D eigenvalue weighted by molar-refractivity contribution is 7.20. The number of halogens is 1. The molecule has 3 rings (SSSR count). The number of carbonyl (C=O) groups excluding carboxylic acids is 1. The number of carbonyl (C=O) groups is 1. The van der Waals surface area contributed by atoms with Crippen LogP contribution in [0.3, 0.4) is 0 Å². The maximum Gasteiger partial charge on any atom is 0.262 e. The Labute approximate surface area is 153 Å². The van der Waals surface area contributed by atoms with Gasteiger partial charge in [0.15, 0.2) is 0 Å². The van der Waals surface area contributed by atoms with Gasteiger partial charge in [0.2, 0.25) is 0 Å². The molecule has 2 heterocycles. The maximum atomic E-state index is 13.9. The lowest BCUT2D eigenvalue weighted by atomic mass is 10.2. The lowest BCUT2D eigenvalue weighted by Gasteiger charge is -2.06. The SMILES string of the molecule is COCCNC(=O)c1sc2ncn(Cc3ccccc3F)c(=O)c2c1C. The van der Waals surface area contributed by atoms with Crippen LogP contribution in [0.1, 0.15) is 20.8 Å². The molecule has 0 aliphatic heterocycles. The van der Waals surface area contributed by atoms with Crippen LogP contribution < -0.4 is 10.9 Å². The second-order valence-corrected chi connectivity index (χ2v) is 6.75. The molecule has 0 bridgehead atoms. The molecule has 2 aromatic heterocycles. The summed E-state index contributed by atoms with van der Waals surface area (Å²) in [5.74, 6) is -0.637. The molecule has 0 spiro atoms. The molecule has 1 N–H and O–H groups in total. The average molecular weight is 375 g/mol. The summed E-state index contributed by atoms with van der Waals surface area (Å²) in [4.78, 5) is 30.3. The van der Waals surface area contributed by atoms with E-state index in [0.717, 1.165) is 0 Å². The average Bonchev–Trinajstić information content (AvgIpc) is 2.97. The number of thiophene rings is 1. The molecule has 6 nitrogen and oxygen atoms in total. The van der Waals surface area contributed by atoms with Gasteiger partial charge in [0.1, 0.15) is 10.6 Å². The van der Waals surface area contributed by atoms with Crippen LogP contribution in [0.15, 0.2) is 35.4 Å². The molecule has 0 aliphatic rings. The van der Waals surface area contributed by atoms with Crippen molar-refractivity contribution in [2.45, 2.75) is 13.5 Å². The van der Waals surface area contributed by atoms with Crippen molar-refractivity contribution in [3.63, 3.8) is 0 Å². The van der Waals surface area contributed by atoms with Gasteiger partial charge in [0.05, 0.1) is 29.7 Å². The largest absolute Gasteiger partial charge is 0.383 e. The highest BCUT2D eigenvalue weighted by Gasteiger charge is 2.19. The number of nitrogens with one attached hydrogen (secondary N) is 1. The monoisotopic (exact) mass is 375 g/mol. The molecular weight excluding hydrogens is 357 g/mol. The summed E-state index contributed by atoms with van der Waals surface area (Å²) in [6.07, 6.45) is 1.39. The smallest absolute Gasteiger partial charge is 0.262 e. The number of nitrogens with zero attached hydrogens (tertiary/aromatic N) is 2. The minimum atomic E-state index is -0.375. The number of aryl methyl sites for hydroxylation is 1. The van der Waals surface area contributed by atoms with Crippen LogP contribution in [-0.4, -0.2) is 35.7 Å². The second kappa shape index (κ2) is 7.76. The predicted molar refractivity (Wildman–Crippen MR) is 98.3 cm³/mol. The van der Waals surface area contributed by atoms with E-state index in [4.69, 9.17) is 4.74 Å². The lowest BCUT2D eigenvalue weighted by molar-refractivity contribution is 0.0940. The minimum Gasteiger partial charge on any atom is -0.383 e. The molecular formula is C18H18FN3O3S. The van der Waals surface area contributed by atoms with Crippen LogP contribution in [0, 0.1) is 12.7 Å². The van der Waals surface area contributed by atoms with Crippen LogP contribution in [0.25, 0.3) is 10.2 Å². The first-order valence-corrected chi connectivity index (χ1v) is 8.83. The Morgan fingerprint density at radius 3 is 2.88 bits per heavy atom. The van der Waals surface area contributed by atoms with Crippen LogP contribution >= 0.6 is 11.3 Å². The number of fused-ring (bicyclic) bond motifs is 1. The van der Waals surface area contributed by atoms with Gasteiger partial charge in [-0.2, -0.15) is 0 Å². The molecule has 0 saturated carbocycles. The third-order valence-electron chi connectivity index (χ3n) is 4.01. The Hall–Kier alpha value is -2.58. The van der Waals surface area contributed by atoms with E-state index in [0.29, 0.717) is 39.4 Å². The first-order chi connectivity index (χ1) is 12.5. The van der Waals surface area contributed by atoms with Gasteiger partial charge in [-0.25, -0.2) is 9.37 Å². The molecule has 0 unspecified atom stereocenters. The zero-order valence-corrected chi connectivity index (χ0v) is 15.2. The van der Waals surface area contributed by atoms with E-state index in [2.05, 4.69) is 10.3 Å². The van der Waals surface area contributed by atoms with E-state index in [9.17, 15) is 14.0 Å². The van der Waals surface area contributed by atoms with Crippen molar-refractivity contribution in [2.24, 2.45) is 0 Å². The highest BCUT2D eigenvalue weighted by atomic mass is 32.1. The Balaban J connectivity index is 1.96. The van der Waals surface area contributed by atoms with Gasteiger partial charge in [-0.3, -0.25) is 14.2 Å². The van der Waals surface area contributed by atoms with Gasteiger partial charge in [0, 0.05) is 19.2 Å². The molecule has 0 radical (unpaired) electrons. The normalized spacial score (nSPS) is 11.0. The van der Waals surface area contributed by atoms with E-state index in [1.807, 2.05) is 0 Å². The third kappa shape index (κ3) is 3.51. The van der Waals surface area contributed by atoms with E-state index < -0.39 is 0 Å². The van der Waals surface area contributed by atoms with E-state index in [1.165, 1.54) is 28.3 Å². The fraction of sp³-hybridized carbons (Fsp3) is 0.278. The van der Waals surface area contributed by atoms with Crippen LogP contribution in [-0.2, 0) is 11.3 Å². The second-order valence-electron chi connectivity index (χ2n) is 5.75. The number of benzene rings is 1. The van der Waals surface area contributed by atoms with Crippen molar-refractivity contribution in [3.8, 4) is 0 Å². The van der Waals surface area contributed by atoms with E-state index in [1.54, 1.807) is 32.2 Å². The van der Waals surface area contributed by atoms with Gasteiger partial charge in [-0.05, 0) is 18.6 Å². The number of ether oxygens (including phenoxy) is 1. The Morgan fingerprint density at radius 2 is 2.15 bits per heavy atom. The van der Waals surface area contributed by atoms with Crippen molar-refractivity contribution >= 4 is 27.5 Å². The fourth-order valence-electron chi connectivity index (χ4n) is 2.65. The van der Waals surface area contributed by atoms with Crippen molar-refractivity contribution in [1.29, 1.82) is 0 Å². The number of rotatable bonds is 6. The summed E-state index contributed by atoms with van der Waals surface area (Å²) < 4.78 is 20.1. The molecule has 1 amide bonds. The van der Waals surface area contributed by atoms with Gasteiger partial charge >= 0.3 is 0 Å². The number of aromatic nitrogens is 2. The maximum absolute atomic E-state index is 13.9. The summed E-state index contributed by atoms with van der Waals surface area (Å²) in [6.45, 7) is 2.59. The fourth-order valence-corrected chi connectivity index (χ4v) is 3.70. The summed E-state index contributed by atoms with van der Waals surface area (Å²) in [6, 6.07) is 6.29. The van der Waals surface area contributed by atoms with Gasteiger partial charge in [0.25, 0.3) is 11.5 Å². The molecule has 136 valence electrons. The van der Waals surface area contributed by atoms with E-state index >= 15 is 0 Å². The number of hydrogen-bond donors (Lipinski definition) is 1. The first kappa shape index (κ1) is 18.2. The number of methoxy groups -OCH3 is 1. The molecule has 8 heteroatoms. The topological polar surface area (TPSA) is 73.2 Å². The summed E-state index contributed by atoms with van der Waals surface area (Å²) in [5, 5.41) is 3.14. The minimum absolute atomic E-state index is 0.0824. The van der Waals surface area contributed by atoms with Crippen LogP contribution in [0.2, 0.25) is 0 Å². The third-order valence-corrected chi connectivity index (χ3v) is 5.21. The van der Waals surface area contributed by atoms with Crippen LogP contribution in [0.5, 0.6) is 0 Å². The summed E-state index contributed by atoms with van der Waals surface area (Å²) in [7, 11) is 1.55. The van der Waals surface area contributed by atoms with Crippen LogP contribution in [0.4, 0.5) is 4.39 Å². The molecule has 0 atom stereocenters. The molecule has 0 fully saturated rings. The highest BCUT2D eigenvalue weighted by Crippen LogP contribution is 2.26.